The normalized spacial score (nSPS) is 37.0. The standard InChI is InChI=1S/C21H23N3O/c22-12-13-1-3-16(4-2-13)19(20-23-5-6-24-20)21(25)17-8-14-7-15(10-17)11-18(21)9-14/h1-6,14-15,17-19,25H,7-11H2,(H,23,24). The van der Waals surface area contributed by atoms with Crippen LogP contribution in [-0.4, -0.2) is 20.7 Å². The molecule has 4 aliphatic rings. The molecule has 1 aromatic heterocycles. The van der Waals surface area contributed by atoms with Crippen molar-refractivity contribution in [2.24, 2.45) is 23.7 Å². The maximum Gasteiger partial charge on any atom is 0.116 e. The number of nitrogens with one attached hydrogen (secondary N) is 1. The second kappa shape index (κ2) is 5.44. The van der Waals surface area contributed by atoms with Crippen LogP contribution in [0.25, 0.3) is 0 Å². The first kappa shape index (κ1) is 15.2. The lowest BCUT2D eigenvalue weighted by molar-refractivity contribution is -0.181. The van der Waals surface area contributed by atoms with E-state index in [0.29, 0.717) is 17.4 Å². The number of hydrogen-bond donors (Lipinski definition) is 2. The average molecular weight is 333 g/mol. The van der Waals surface area contributed by atoms with Gasteiger partial charge in [0.15, 0.2) is 0 Å². The van der Waals surface area contributed by atoms with Crippen molar-refractivity contribution in [3.05, 3.63) is 53.6 Å². The minimum absolute atomic E-state index is 0.148. The average Bonchev–Trinajstić information content (AvgIpc) is 3.14. The van der Waals surface area contributed by atoms with Gasteiger partial charge in [0.2, 0.25) is 0 Å². The number of nitrogens with zero attached hydrogens (tertiary/aromatic N) is 2. The Labute approximate surface area is 147 Å². The highest BCUT2D eigenvalue weighted by Gasteiger charge is 2.60. The molecular weight excluding hydrogens is 310 g/mol. The second-order valence-corrected chi connectivity index (χ2v) is 8.33. The zero-order valence-corrected chi connectivity index (χ0v) is 14.2. The Kier molecular flexibility index (Phi) is 3.30. The summed E-state index contributed by atoms with van der Waals surface area (Å²) in [6.45, 7) is 0. The third-order valence-corrected chi connectivity index (χ3v) is 7.07. The lowest BCUT2D eigenvalue weighted by atomic mass is 9.46. The largest absolute Gasteiger partial charge is 0.388 e. The van der Waals surface area contributed by atoms with Gasteiger partial charge in [-0.3, -0.25) is 0 Å². The SMILES string of the molecule is N#Cc1ccc(C(c2ncc[nH]2)C2(O)C3CC4CC(C3)CC2C4)cc1. The van der Waals surface area contributed by atoms with Crippen LogP contribution in [0.5, 0.6) is 0 Å². The molecule has 4 nitrogen and oxygen atoms in total. The number of hydrogen-bond acceptors (Lipinski definition) is 3. The van der Waals surface area contributed by atoms with E-state index in [1.807, 2.05) is 30.5 Å². The van der Waals surface area contributed by atoms with E-state index in [-0.39, 0.29) is 5.92 Å². The lowest BCUT2D eigenvalue weighted by Gasteiger charge is -2.61. The molecule has 4 heteroatoms. The van der Waals surface area contributed by atoms with Crippen molar-refractivity contribution in [3.8, 4) is 6.07 Å². The predicted octanol–water partition coefficient (Wildman–Crippen LogP) is 3.60. The molecule has 4 aliphatic carbocycles. The summed E-state index contributed by atoms with van der Waals surface area (Å²) in [5.41, 5.74) is 0.974. The third kappa shape index (κ3) is 2.19. The van der Waals surface area contributed by atoms with Gasteiger partial charge in [-0.25, -0.2) is 4.98 Å². The van der Waals surface area contributed by atoms with Crippen molar-refractivity contribution in [2.75, 3.05) is 0 Å². The molecule has 0 amide bonds. The van der Waals surface area contributed by atoms with Crippen molar-refractivity contribution in [2.45, 2.75) is 43.6 Å². The zero-order chi connectivity index (χ0) is 17.0. The van der Waals surface area contributed by atoms with Gasteiger partial charge in [0.25, 0.3) is 0 Å². The quantitative estimate of drug-likeness (QED) is 0.901. The molecule has 6 rings (SSSR count). The summed E-state index contributed by atoms with van der Waals surface area (Å²) in [5.74, 6) is 3.02. The number of imidazole rings is 1. The van der Waals surface area contributed by atoms with Gasteiger partial charge in [-0.15, -0.1) is 0 Å². The highest BCUT2D eigenvalue weighted by Crippen LogP contribution is 2.62. The van der Waals surface area contributed by atoms with Crippen LogP contribution in [0.1, 0.15) is 55.0 Å². The zero-order valence-electron chi connectivity index (χ0n) is 14.2. The minimum Gasteiger partial charge on any atom is -0.388 e. The Morgan fingerprint density at radius 3 is 2.24 bits per heavy atom. The van der Waals surface area contributed by atoms with Crippen molar-refractivity contribution in [1.82, 2.24) is 9.97 Å². The fourth-order valence-corrected chi connectivity index (χ4v) is 6.24. The molecule has 2 aromatic rings. The van der Waals surface area contributed by atoms with E-state index < -0.39 is 5.60 Å². The number of benzene rings is 1. The summed E-state index contributed by atoms with van der Waals surface area (Å²) in [6, 6.07) is 9.88. The number of aromatic nitrogens is 2. The molecule has 0 radical (unpaired) electrons. The molecule has 4 bridgehead atoms. The molecule has 0 aliphatic heterocycles. The number of H-pyrrole nitrogens is 1. The highest BCUT2D eigenvalue weighted by atomic mass is 16.3. The van der Waals surface area contributed by atoms with Crippen LogP contribution in [-0.2, 0) is 0 Å². The van der Waals surface area contributed by atoms with Gasteiger partial charge in [-0.05, 0) is 73.5 Å². The van der Waals surface area contributed by atoms with Crippen LogP contribution in [0.2, 0.25) is 0 Å². The summed E-state index contributed by atoms with van der Waals surface area (Å²) >= 11 is 0. The fourth-order valence-electron chi connectivity index (χ4n) is 6.24. The molecule has 0 spiro atoms. The summed E-state index contributed by atoms with van der Waals surface area (Å²) in [4.78, 5) is 7.80. The van der Waals surface area contributed by atoms with Gasteiger partial charge in [0, 0.05) is 12.4 Å². The predicted molar refractivity (Wildman–Crippen MR) is 93.6 cm³/mol. The molecule has 4 saturated carbocycles. The van der Waals surface area contributed by atoms with Crippen LogP contribution >= 0.6 is 0 Å². The third-order valence-electron chi connectivity index (χ3n) is 7.07. The van der Waals surface area contributed by atoms with Crippen LogP contribution in [0, 0.1) is 35.0 Å². The van der Waals surface area contributed by atoms with Gasteiger partial charge in [0.05, 0.1) is 23.2 Å². The number of aliphatic hydroxyl groups is 1. The number of aromatic amines is 1. The summed E-state index contributed by atoms with van der Waals surface area (Å²) in [5, 5.41) is 21.2. The second-order valence-electron chi connectivity index (χ2n) is 8.33. The van der Waals surface area contributed by atoms with E-state index in [1.165, 1.54) is 6.42 Å². The van der Waals surface area contributed by atoms with E-state index in [1.54, 1.807) is 6.20 Å². The molecule has 0 saturated heterocycles. The Balaban J connectivity index is 1.62. The van der Waals surface area contributed by atoms with Crippen molar-refractivity contribution in [3.63, 3.8) is 0 Å². The van der Waals surface area contributed by atoms with Gasteiger partial charge >= 0.3 is 0 Å². The van der Waals surface area contributed by atoms with Crippen LogP contribution in [0.15, 0.2) is 36.7 Å². The Morgan fingerprint density at radius 2 is 1.72 bits per heavy atom. The van der Waals surface area contributed by atoms with E-state index in [2.05, 4.69) is 16.0 Å². The van der Waals surface area contributed by atoms with Crippen molar-refractivity contribution >= 4 is 0 Å². The molecule has 1 unspecified atom stereocenters. The Morgan fingerprint density at radius 1 is 1.08 bits per heavy atom. The molecular formula is C21H23N3O. The number of nitriles is 1. The van der Waals surface area contributed by atoms with Gasteiger partial charge in [-0.1, -0.05) is 12.1 Å². The van der Waals surface area contributed by atoms with Crippen molar-refractivity contribution < 1.29 is 5.11 Å². The first-order chi connectivity index (χ1) is 12.2. The monoisotopic (exact) mass is 333 g/mol. The molecule has 128 valence electrons. The van der Waals surface area contributed by atoms with Crippen LogP contribution in [0.3, 0.4) is 0 Å². The fraction of sp³-hybridized carbons (Fsp3) is 0.524. The molecule has 4 fully saturated rings. The molecule has 1 aromatic carbocycles. The minimum atomic E-state index is -0.737. The van der Waals surface area contributed by atoms with Crippen LogP contribution in [0.4, 0.5) is 0 Å². The molecule has 1 atom stereocenters. The molecule has 2 N–H and O–H groups in total. The molecule has 25 heavy (non-hydrogen) atoms. The maximum absolute atomic E-state index is 12.1. The Bertz CT molecular complexity index is 775. The van der Waals surface area contributed by atoms with Crippen LogP contribution < -0.4 is 0 Å². The van der Waals surface area contributed by atoms with E-state index in [4.69, 9.17) is 5.26 Å². The van der Waals surface area contributed by atoms with E-state index in [0.717, 1.165) is 48.9 Å². The summed E-state index contributed by atoms with van der Waals surface area (Å²) in [7, 11) is 0. The lowest BCUT2D eigenvalue weighted by Crippen LogP contribution is -2.60. The topological polar surface area (TPSA) is 72.7 Å². The first-order valence-electron chi connectivity index (χ1n) is 9.40. The number of rotatable bonds is 3. The highest BCUT2D eigenvalue weighted by molar-refractivity contribution is 5.38. The first-order valence-corrected chi connectivity index (χ1v) is 9.40. The van der Waals surface area contributed by atoms with Crippen molar-refractivity contribution in [1.29, 1.82) is 5.26 Å². The van der Waals surface area contributed by atoms with E-state index >= 15 is 0 Å². The van der Waals surface area contributed by atoms with E-state index in [9.17, 15) is 5.11 Å². The van der Waals surface area contributed by atoms with Gasteiger partial charge < -0.3 is 10.1 Å². The van der Waals surface area contributed by atoms with Gasteiger partial charge in [-0.2, -0.15) is 5.26 Å². The summed E-state index contributed by atoms with van der Waals surface area (Å²) < 4.78 is 0. The Hall–Kier alpha value is -2.12. The maximum atomic E-state index is 12.1. The van der Waals surface area contributed by atoms with Gasteiger partial charge in [0.1, 0.15) is 5.82 Å². The summed E-state index contributed by atoms with van der Waals surface area (Å²) in [6.07, 6.45) is 9.57. The molecule has 1 heterocycles. The smallest absolute Gasteiger partial charge is 0.116 e.